The van der Waals surface area contributed by atoms with E-state index in [0.29, 0.717) is 42.0 Å². The Morgan fingerprint density at radius 1 is 1.13 bits per heavy atom. The van der Waals surface area contributed by atoms with E-state index in [1.165, 1.54) is 6.33 Å². The van der Waals surface area contributed by atoms with Crippen molar-refractivity contribution >= 4 is 39.9 Å². The smallest absolute Gasteiger partial charge is 0.236 e. The van der Waals surface area contributed by atoms with Gasteiger partial charge in [0.1, 0.15) is 36.4 Å². The molecule has 3 heterocycles. The second kappa shape index (κ2) is 12.3. The fourth-order valence-corrected chi connectivity index (χ4v) is 4.74. The van der Waals surface area contributed by atoms with Crippen molar-refractivity contribution in [3.05, 3.63) is 77.8 Å². The predicted octanol–water partition coefficient (Wildman–Crippen LogP) is 4.93. The SMILES string of the molecule is CN(C)CC(=O)N1CCCC(Oc2ccc3ncnc(Nc4ccc(OCc5ccccn5)c(Cl)c4)c3c2)C1. The van der Waals surface area contributed by atoms with Gasteiger partial charge in [0.05, 0.1) is 29.3 Å². The summed E-state index contributed by atoms with van der Waals surface area (Å²) in [5.41, 5.74) is 2.37. The maximum atomic E-state index is 12.5. The number of amides is 1. The lowest BCUT2D eigenvalue weighted by Crippen LogP contribution is -2.47. The predicted molar refractivity (Wildman–Crippen MR) is 152 cm³/mol. The first-order valence-electron chi connectivity index (χ1n) is 12.9. The summed E-state index contributed by atoms with van der Waals surface area (Å²) in [4.78, 5) is 29.4. The fourth-order valence-electron chi connectivity index (χ4n) is 4.50. The number of ether oxygens (including phenoxy) is 2. The van der Waals surface area contributed by atoms with Gasteiger partial charge in [0.2, 0.25) is 5.91 Å². The number of carbonyl (C=O) groups is 1. The average Bonchev–Trinajstić information content (AvgIpc) is 2.93. The van der Waals surface area contributed by atoms with Crippen LogP contribution in [0.15, 0.2) is 67.1 Å². The van der Waals surface area contributed by atoms with Crippen LogP contribution in [-0.4, -0.2) is 70.5 Å². The van der Waals surface area contributed by atoms with Crippen molar-refractivity contribution in [2.75, 3.05) is 39.0 Å². The van der Waals surface area contributed by atoms with Gasteiger partial charge in [-0.05, 0) is 75.5 Å². The lowest BCUT2D eigenvalue weighted by molar-refractivity contribution is -0.134. The lowest BCUT2D eigenvalue weighted by Gasteiger charge is -2.33. The summed E-state index contributed by atoms with van der Waals surface area (Å²) in [6.07, 6.45) is 4.99. The molecule has 0 saturated carbocycles. The first-order chi connectivity index (χ1) is 18.9. The molecule has 2 aromatic heterocycles. The Morgan fingerprint density at radius 3 is 2.82 bits per heavy atom. The molecule has 9 nitrogen and oxygen atoms in total. The van der Waals surface area contributed by atoms with Crippen LogP contribution in [-0.2, 0) is 11.4 Å². The number of hydrogen-bond acceptors (Lipinski definition) is 8. The van der Waals surface area contributed by atoms with Gasteiger partial charge < -0.3 is 24.6 Å². The fraction of sp³-hybridized carbons (Fsp3) is 0.310. The molecule has 39 heavy (non-hydrogen) atoms. The number of nitrogens with zero attached hydrogens (tertiary/aromatic N) is 5. The minimum atomic E-state index is -0.0687. The van der Waals surface area contributed by atoms with Gasteiger partial charge in [-0.1, -0.05) is 17.7 Å². The van der Waals surface area contributed by atoms with Crippen LogP contribution in [0.2, 0.25) is 5.02 Å². The van der Waals surface area contributed by atoms with Crippen LogP contribution in [0.1, 0.15) is 18.5 Å². The molecule has 5 rings (SSSR count). The molecule has 0 radical (unpaired) electrons. The molecule has 0 bridgehead atoms. The first kappa shape index (κ1) is 26.6. The maximum absolute atomic E-state index is 12.5. The summed E-state index contributed by atoms with van der Waals surface area (Å²) in [6, 6.07) is 16.9. The number of hydrogen-bond donors (Lipinski definition) is 1. The second-order valence-electron chi connectivity index (χ2n) is 9.74. The molecule has 1 unspecified atom stereocenters. The van der Waals surface area contributed by atoms with Gasteiger partial charge in [-0.3, -0.25) is 9.78 Å². The van der Waals surface area contributed by atoms with E-state index in [4.69, 9.17) is 21.1 Å². The van der Waals surface area contributed by atoms with Crippen molar-refractivity contribution in [3.63, 3.8) is 0 Å². The van der Waals surface area contributed by atoms with E-state index in [0.717, 1.165) is 41.7 Å². The number of piperidine rings is 1. The Labute approximate surface area is 232 Å². The molecule has 1 amide bonds. The highest BCUT2D eigenvalue weighted by atomic mass is 35.5. The molecule has 1 fully saturated rings. The van der Waals surface area contributed by atoms with Crippen molar-refractivity contribution in [2.24, 2.45) is 0 Å². The molecular formula is C29H31ClN6O3. The zero-order chi connectivity index (χ0) is 27.2. The number of anilines is 2. The molecule has 1 atom stereocenters. The Kier molecular flexibility index (Phi) is 8.39. The van der Waals surface area contributed by atoms with Crippen molar-refractivity contribution in [1.29, 1.82) is 0 Å². The van der Waals surface area contributed by atoms with E-state index in [2.05, 4.69) is 20.3 Å². The van der Waals surface area contributed by atoms with Gasteiger partial charge in [-0.2, -0.15) is 0 Å². The summed E-state index contributed by atoms with van der Waals surface area (Å²) in [7, 11) is 3.80. The summed E-state index contributed by atoms with van der Waals surface area (Å²) >= 11 is 6.51. The van der Waals surface area contributed by atoms with E-state index in [1.807, 2.05) is 72.4 Å². The highest BCUT2D eigenvalue weighted by Gasteiger charge is 2.25. The van der Waals surface area contributed by atoms with Crippen LogP contribution in [0, 0.1) is 0 Å². The third kappa shape index (κ3) is 6.93. The number of carbonyl (C=O) groups excluding carboxylic acids is 1. The number of pyridine rings is 1. The normalized spacial score (nSPS) is 15.4. The molecule has 4 aromatic rings. The van der Waals surface area contributed by atoms with Gasteiger partial charge >= 0.3 is 0 Å². The third-order valence-corrected chi connectivity index (χ3v) is 6.68. The number of fused-ring (bicyclic) bond motifs is 1. The topological polar surface area (TPSA) is 92.7 Å². The highest BCUT2D eigenvalue weighted by Crippen LogP contribution is 2.32. The van der Waals surface area contributed by atoms with Crippen molar-refractivity contribution in [2.45, 2.75) is 25.6 Å². The van der Waals surface area contributed by atoms with E-state index in [9.17, 15) is 4.79 Å². The second-order valence-corrected chi connectivity index (χ2v) is 10.1. The maximum Gasteiger partial charge on any atom is 0.236 e. The van der Waals surface area contributed by atoms with Crippen LogP contribution in [0.4, 0.5) is 11.5 Å². The molecule has 0 aliphatic carbocycles. The molecule has 1 N–H and O–H groups in total. The van der Waals surface area contributed by atoms with Crippen LogP contribution in [0.5, 0.6) is 11.5 Å². The summed E-state index contributed by atoms with van der Waals surface area (Å²) in [5.74, 6) is 2.04. The Hall–Kier alpha value is -3.95. The third-order valence-electron chi connectivity index (χ3n) is 6.39. The number of halogens is 1. The largest absolute Gasteiger partial charge is 0.489 e. The van der Waals surface area contributed by atoms with Crippen molar-refractivity contribution in [1.82, 2.24) is 24.8 Å². The summed E-state index contributed by atoms with van der Waals surface area (Å²) in [6.45, 7) is 2.07. The number of likely N-dealkylation sites (N-methyl/N-ethyl adjacent to an activating group) is 1. The molecule has 202 valence electrons. The molecular weight excluding hydrogens is 516 g/mol. The van der Waals surface area contributed by atoms with E-state index in [1.54, 1.807) is 12.3 Å². The minimum Gasteiger partial charge on any atom is -0.489 e. The van der Waals surface area contributed by atoms with Gasteiger partial charge in [0, 0.05) is 23.8 Å². The van der Waals surface area contributed by atoms with Crippen molar-refractivity contribution < 1.29 is 14.3 Å². The van der Waals surface area contributed by atoms with Gasteiger partial charge in [-0.25, -0.2) is 9.97 Å². The molecule has 1 aliphatic rings. The van der Waals surface area contributed by atoms with Crippen LogP contribution >= 0.6 is 11.6 Å². The van der Waals surface area contributed by atoms with E-state index < -0.39 is 0 Å². The van der Waals surface area contributed by atoms with Crippen LogP contribution in [0.3, 0.4) is 0 Å². The highest BCUT2D eigenvalue weighted by molar-refractivity contribution is 6.32. The zero-order valence-corrected chi connectivity index (χ0v) is 22.8. The van der Waals surface area contributed by atoms with E-state index in [-0.39, 0.29) is 12.0 Å². The number of benzene rings is 2. The number of rotatable bonds is 9. The number of likely N-dealkylation sites (tertiary alicyclic amines) is 1. The van der Waals surface area contributed by atoms with Crippen LogP contribution < -0.4 is 14.8 Å². The quantitative estimate of drug-likeness (QED) is 0.316. The Balaban J connectivity index is 1.28. The number of nitrogens with one attached hydrogen (secondary N) is 1. The molecule has 1 aliphatic heterocycles. The van der Waals surface area contributed by atoms with Gasteiger partial charge in [0.25, 0.3) is 0 Å². The van der Waals surface area contributed by atoms with Gasteiger partial charge in [-0.15, -0.1) is 0 Å². The standard InChI is InChI=1S/C29H31ClN6O3/c1-35(2)17-28(37)36-13-5-7-23(16-36)39-22-9-10-26-24(15-22)29(33-19-32-26)34-20-8-11-27(25(30)14-20)38-18-21-6-3-4-12-31-21/h3-4,6,8-12,14-15,19,23H,5,7,13,16-18H2,1-2H3,(H,32,33,34). The number of aromatic nitrogens is 3. The Bertz CT molecular complexity index is 1440. The lowest BCUT2D eigenvalue weighted by atomic mass is 10.1. The average molecular weight is 547 g/mol. The summed E-state index contributed by atoms with van der Waals surface area (Å²) in [5, 5.41) is 4.64. The summed E-state index contributed by atoms with van der Waals surface area (Å²) < 4.78 is 12.2. The first-order valence-corrected chi connectivity index (χ1v) is 13.3. The van der Waals surface area contributed by atoms with E-state index >= 15 is 0 Å². The molecule has 0 spiro atoms. The minimum absolute atomic E-state index is 0.0687. The van der Waals surface area contributed by atoms with Gasteiger partial charge in [0.15, 0.2) is 0 Å². The zero-order valence-electron chi connectivity index (χ0n) is 22.0. The Morgan fingerprint density at radius 2 is 2.03 bits per heavy atom. The molecule has 1 saturated heterocycles. The van der Waals surface area contributed by atoms with Crippen molar-refractivity contribution in [3.8, 4) is 11.5 Å². The molecule has 2 aromatic carbocycles. The van der Waals surface area contributed by atoms with Crippen LogP contribution in [0.25, 0.3) is 10.9 Å². The monoisotopic (exact) mass is 546 g/mol. The molecule has 10 heteroatoms.